The number of non-ortho nitro benzene ring substituents is 1. The number of amides is 1. The number of rotatable bonds is 5. The first kappa shape index (κ1) is 20.0. The van der Waals surface area contributed by atoms with E-state index in [1.54, 1.807) is 6.07 Å². The molecule has 8 heteroatoms. The second-order valence-corrected chi connectivity index (χ2v) is 7.79. The molecule has 0 radical (unpaired) electrons. The first-order valence-electron chi connectivity index (χ1n) is 10.2. The molecule has 0 saturated carbocycles. The lowest BCUT2D eigenvalue weighted by molar-refractivity contribution is -0.384. The second-order valence-electron chi connectivity index (χ2n) is 7.79. The zero-order chi connectivity index (χ0) is 21.1. The minimum Gasteiger partial charge on any atom is -0.486 e. The third-order valence-corrected chi connectivity index (χ3v) is 5.62. The van der Waals surface area contributed by atoms with Crippen LogP contribution in [-0.4, -0.2) is 37.1 Å². The first-order valence-corrected chi connectivity index (χ1v) is 10.2. The van der Waals surface area contributed by atoms with E-state index >= 15 is 0 Å². The maximum atomic E-state index is 13.0. The van der Waals surface area contributed by atoms with Gasteiger partial charge in [0, 0.05) is 31.8 Å². The van der Waals surface area contributed by atoms with Crippen molar-refractivity contribution in [3.63, 3.8) is 0 Å². The monoisotopic (exact) mass is 411 g/mol. The fraction of sp³-hybridized carbons (Fsp3) is 0.409. The van der Waals surface area contributed by atoms with E-state index in [0.717, 1.165) is 37.2 Å². The fourth-order valence-electron chi connectivity index (χ4n) is 3.82. The van der Waals surface area contributed by atoms with E-state index in [2.05, 4.69) is 17.1 Å². The molecule has 2 aliphatic rings. The smallest absolute Gasteiger partial charge is 0.270 e. The van der Waals surface area contributed by atoms with Crippen LogP contribution in [-0.2, 0) is 6.54 Å². The van der Waals surface area contributed by atoms with E-state index in [9.17, 15) is 14.9 Å². The molecule has 30 heavy (non-hydrogen) atoms. The van der Waals surface area contributed by atoms with Crippen molar-refractivity contribution in [1.82, 2.24) is 5.32 Å². The van der Waals surface area contributed by atoms with Crippen LogP contribution in [0.15, 0.2) is 36.4 Å². The quantitative estimate of drug-likeness (QED) is 0.598. The Kier molecular flexibility index (Phi) is 5.74. The van der Waals surface area contributed by atoms with Gasteiger partial charge in [0.1, 0.15) is 13.2 Å². The average molecular weight is 411 g/mol. The number of nitro benzene ring substituents is 1. The molecule has 2 aromatic rings. The number of nitrogens with one attached hydrogen (secondary N) is 1. The lowest BCUT2D eigenvalue weighted by Gasteiger charge is -2.33. The average Bonchev–Trinajstić information content (AvgIpc) is 2.77. The highest BCUT2D eigenvalue weighted by atomic mass is 16.6. The number of nitro groups is 1. The highest BCUT2D eigenvalue weighted by molar-refractivity contribution is 6.00. The molecule has 0 bridgehead atoms. The molecule has 2 aliphatic heterocycles. The van der Waals surface area contributed by atoms with Crippen LogP contribution < -0.4 is 19.7 Å². The molecule has 0 spiro atoms. The van der Waals surface area contributed by atoms with Gasteiger partial charge >= 0.3 is 0 Å². The van der Waals surface area contributed by atoms with Gasteiger partial charge in [-0.05, 0) is 42.5 Å². The number of nitrogens with zero attached hydrogens (tertiary/aromatic N) is 2. The van der Waals surface area contributed by atoms with Gasteiger partial charge in [0.25, 0.3) is 11.6 Å². The van der Waals surface area contributed by atoms with Crippen molar-refractivity contribution >= 4 is 17.3 Å². The van der Waals surface area contributed by atoms with Crippen LogP contribution in [0, 0.1) is 16.0 Å². The molecule has 1 fully saturated rings. The molecule has 2 heterocycles. The van der Waals surface area contributed by atoms with Crippen LogP contribution in [0.3, 0.4) is 0 Å². The molecular weight excluding hydrogens is 386 g/mol. The van der Waals surface area contributed by atoms with Gasteiger partial charge in [-0.2, -0.15) is 0 Å². The second kappa shape index (κ2) is 8.61. The van der Waals surface area contributed by atoms with Crippen LogP contribution in [0.5, 0.6) is 11.5 Å². The number of piperidine rings is 1. The molecule has 1 amide bonds. The predicted octanol–water partition coefficient (Wildman–Crippen LogP) is 3.53. The van der Waals surface area contributed by atoms with Gasteiger partial charge in [0.2, 0.25) is 0 Å². The summed E-state index contributed by atoms with van der Waals surface area (Å²) in [7, 11) is 0. The predicted molar refractivity (Wildman–Crippen MR) is 112 cm³/mol. The van der Waals surface area contributed by atoms with Crippen LogP contribution in [0.1, 0.15) is 35.7 Å². The van der Waals surface area contributed by atoms with Crippen molar-refractivity contribution in [3.8, 4) is 11.5 Å². The van der Waals surface area contributed by atoms with Crippen molar-refractivity contribution in [1.29, 1.82) is 0 Å². The lowest BCUT2D eigenvalue weighted by Crippen LogP contribution is -2.35. The Bertz CT molecular complexity index is 954. The van der Waals surface area contributed by atoms with Crippen LogP contribution in [0.25, 0.3) is 0 Å². The number of anilines is 1. The van der Waals surface area contributed by atoms with E-state index < -0.39 is 4.92 Å². The first-order chi connectivity index (χ1) is 14.5. The summed E-state index contributed by atoms with van der Waals surface area (Å²) >= 11 is 0. The molecule has 4 rings (SSSR count). The summed E-state index contributed by atoms with van der Waals surface area (Å²) in [6.45, 7) is 5.19. The Morgan fingerprint density at radius 2 is 1.87 bits per heavy atom. The molecule has 0 unspecified atom stereocenters. The molecule has 1 N–H and O–H groups in total. The Hall–Kier alpha value is -3.29. The normalized spacial score (nSPS) is 16.2. The number of carbonyl (C=O) groups excluding carboxylic acids is 1. The minimum absolute atomic E-state index is 0.0893. The van der Waals surface area contributed by atoms with E-state index in [0.29, 0.717) is 36.2 Å². The summed E-state index contributed by atoms with van der Waals surface area (Å²) in [5.41, 5.74) is 1.85. The number of fused-ring (bicyclic) bond motifs is 1. The Morgan fingerprint density at radius 1 is 1.13 bits per heavy atom. The van der Waals surface area contributed by atoms with Gasteiger partial charge in [-0.15, -0.1) is 0 Å². The molecule has 0 aromatic heterocycles. The van der Waals surface area contributed by atoms with E-state index in [-0.39, 0.29) is 18.1 Å². The SMILES string of the molecule is CC1CCN(c2ccc([N+](=O)[O-])cc2C(=O)NCc2ccc3c(c2)OCCO3)CC1. The molecule has 1 saturated heterocycles. The van der Waals surface area contributed by atoms with Gasteiger partial charge < -0.3 is 19.7 Å². The van der Waals surface area contributed by atoms with Crippen LogP contribution in [0.4, 0.5) is 11.4 Å². The van der Waals surface area contributed by atoms with Gasteiger partial charge in [-0.1, -0.05) is 13.0 Å². The van der Waals surface area contributed by atoms with Crippen molar-refractivity contribution in [2.75, 3.05) is 31.2 Å². The molecule has 0 aliphatic carbocycles. The van der Waals surface area contributed by atoms with Gasteiger partial charge in [-0.3, -0.25) is 14.9 Å². The Morgan fingerprint density at radius 3 is 2.60 bits per heavy atom. The Balaban J connectivity index is 1.53. The molecule has 0 atom stereocenters. The van der Waals surface area contributed by atoms with Gasteiger partial charge in [0.05, 0.1) is 16.2 Å². The molecular formula is C22H25N3O5. The maximum absolute atomic E-state index is 13.0. The van der Waals surface area contributed by atoms with E-state index in [1.165, 1.54) is 12.1 Å². The van der Waals surface area contributed by atoms with E-state index in [4.69, 9.17) is 9.47 Å². The topological polar surface area (TPSA) is 93.9 Å². The van der Waals surface area contributed by atoms with E-state index in [1.807, 2.05) is 18.2 Å². The summed E-state index contributed by atoms with van der Waals surface area (Å²) in [6.07, 6.45) is 2.07. The third kappa shape index (κ3) is 4.32. The highest BCUT2D eigenvalue weighted by Gasteiger charge is 2.23. The summed E-state index contributed by atoms with van der Waals surface area (Å²) in [6, 6.07) is 10.1. The highest BCUT2D eigenvalue weighted by Crippen LogP contribution is 2.31. The van der Waals surface area contributed by atoms with Crippen molar-refractivity contribution in [2.45, 2.75) is 26.3 Å². The lowest BCUT2D eigenvalue weighted by atomic mass is 9.98. The number of ether oxygens (including phenoxy) is 2. The molecule has 158 valence electrons. The molecule has 2 aromatic carbocycles. The molecule has 8 nitrogen and oxygen atoms in total. The largest absolute Gasteiger partial charge is 0.486 e. The maximum Gasteiger partial charge on any atom is 0.270 e. The standard InChI is InChI=1S/C22H25N3O5/c1-15-6-8-24(9-7-15)19-4-3-17(25(27)28)13-18(19)22(26)23-14-16-2-5-20-21(12-16)30-11-10-29-20/h2-5,12-13,15H,6-11,14H2,1H3,(H,23,26). The van der Waals surface area contributed by atoms with Crippen LogP contribution in [0.2, 0.25) is 0 Å². The summed E-state index contributed by atoms with van der Waals surface area (Å²) < 4.78 is 11.1. The number of carbonyl (C=O) groups is 1. The van der Waals surface area contributed by atoms with Crippen molar-refractivity contribution < 1.29 is 19.2 Å². The number of benzene rings is 2. The zero-order valence-electron chi connectivity index (χ0n) is 16.9. The summed E-state index contributed by atoms with van der Waals surface area (Å²) in [4.78, 5) is 25.9. The van der Waals surface area contributed by atoms with Gasteiger partial charge in [0.15, 0.2) is 11.5 Å². The summed E-state index contributed by atoms with van der Waals surface area (Å²) in [5, 5.41) is 14.1. The minimum atomic E-state index is -0.473. The fourth-order valence-corrected chi connectivity index (χ4v) is 3.82. The van der Waals surface area contributed by atoms with Gasteiger partial charge in [-0.25, -0.2) is 0 Å². The Labute approximate surface area is 174 Å². The number of hydrogen-bond donors (Lipinski definition) is 1. The summed E-state index contributed by atoms with van der Waals surface area (Å²) in [5.74, 6) is 1.66. The number of hydrogen-bond acceptors (Lipinski definition) is 6. The van der Waals surface area contributed by atoms with Crippen molar-refractivity contribution in [2.24, 2.45) is 5.92 Å². The zero-order valence-corrected chi connectivity index (χ0v) is 16.9. The third-order valence-electron chi connectivity index (χ3n) is 5.62. The van der Waals surface area contributed by atoms with Crippen LogP contribution >= 0.6 is 0 Å². The van der Waals surface area contributed by atoms with Crippen molar-refractivity contribution in [3.05, 3.63) is 57.6 Å².